The molecule has 0 spiro atoms. The van der Waals surface area contributed by atoms with Crippen LogP contribution in [0.4, 0.5) is 5.69 Å². The fourth-order valence-electron chi connectivity index (χ4n) is 4.62. The minimum atomic E-state index is -0.493. The summed E-state index contributed by atoms with van der Waals surface area (Å²) < 4.78 is 0. The highest BCUT2D eigenvalue weighted by molar-refractivity contribution is 5.72. The summed E-state index contributed by atoms with van der Waals surface area (Å²) in [7, 11) is 0. The number of allylic oxidation sites excluding steroid dienone is 3. The van der Waals surface area contributed by atoms with E-state index in [1.54, 1.807) is 0 Å². The van der Waals surface area contributed by atoms with Gasteiger partial charge in [-0.25, -0.2) is 0 Å². The first-order chi connectivity index (χ1) is 11.8. The molecule has 2 aliphatic carbocycles. The Morgan fingerprint density at radius 1 is 1.00 bits per heavy atom. The Balaban J connectivity index is 1.79. The van der Waals surface area contributed by atoms with Gasteiger partial charge in [0.05, 0.1) is 6.04 Å². The zero-order chi connectivity index (χ0) is 16.1. The number of hydrogen-bond acceptors (Lipinski definition) is 3. The van der Waals surface area contributed by atoms with Crippen molar-refractivity contribution < 1.29 is 5.11 Å². The predicted molar refractivity (Wildman–Crippen MR) is 98.6 cm³/mol. The van der Waals surface area contributed by atoms with Crippen LogP contribution in [0.25, 0.3) is 18.2 Å². The summed E-state index contributed by atoms with van der Waals surface area (Å²) in [6, 6.07) is 4.71. The van der Waals surface area contributed by atoms with Crippen LogP contribution in [0.1, 0.15) is 24.8 Å². The van der Waals surface area contributed by atoms with E-state index in [-0.39, 0.29) is 0 Å². The Labute approximate surface area is 141 Å². The monoisotopic (exact) mass is 318 g/mol. The van der Waals surface area contributed by atoms with Crippen molar-refractivity contribution in [2.24, 2.45) is 5.92 Å². The van der Waals surface area contributed by atoms with Crippen LogP contribution < -0.4 is 21.1 Å². The molecule has 1 aromatic carbocycles. The maximum absolute atomic E-state index is 10.5. The second kappa shape index (κ2) is 5.47. The molecule has 3 unspecified atom stereocenters. The molecular weight excluding hydrogens is 296 g/mol. The smallest absolute Gasteiger partial charge is 0.127 e. The highest BCUT2D eigenvalue weighted by Gasteiger charge is 2.35. The van der Waals surface area contributed by atoms with Gasteiger partial charge in [-0.1, -0.05) is 36.4 Å². The molecule has 24 heavy (non-hydrogen) atoms. The molecule has 0 radical (unpaired) electrons. The van der Waals surface area contributed by atoms with Crippen LogP contribution in [0.5, 0.6) is 0 Å². The molecule has 0 saturated carbocycles. The molecule has 3 N–H and O–H groups in total. The van der Waals surface area contributed by atoms with Crippen LogP contribution in [0, 0.1) is 5.92 Å². The van der Waals surface area contributed by atoms with Gasteiger partial charge in [-0.3, -0.25) is 5.32 Å². The van der Waals surface area contributed by atoms with Gasteiger partial charge in [-0.2, -0.15) is 0 Å². The average Bonchev–Trinajstić information content (AvgIpc) is 2.85. The number of aliphatic hydroxyl groups excluding tert-OH is 1. The molecule has 1 fully saturated rings. The van der Waals surface area contributed by atoms with Gasteiger partial charge in [0.1, 0.15) is 6.23 Å². The first kappa shape index (κ1) is 14.3. The summed E-state index contributed by atoms with van der Waals surface area (Å²) in [5.74, 6) is 0.526. The third kappa shape index (κ3) is 2.12. The number of fused-ring (bicyclic) bond motifs is 5. The van der Waals surface area contributed by atoms with Gasteiger partial charge in [-0.05, 0) is 65.8 Å². The van der Waals surface area contributed by atoms with Crippen molar-refractivity contribution in [3.63, 3.8) is 0 Å². The van der Waals surface area contributed by atoms with Gasteiger partial charge < -0.3 is 10.4 Å². The number of aliphatic hydroxyl groups is 1. The molecular formula is C21H22N2O. The second-order valence-corrected chi connectivity index (χ2v) is 7.11. The summed E-state index contributed by atoms with van der Waals surface area (Å²) in [6.07, 6.45) is 15.9. The van der Waals surface area contributed by atoms with Crippen molar-refractivity contribution in [3.8, 4) is 0 Å². The molecule has 2 aliphatic heterocycles. The molecule has 4 aliphatic rings. The third-order valence-electron chi connectivity index (χ3n) is 5.79. The predicted octanol–water partition coefficient (Wildman–Crippen LogP) is 1.64. The van der Waals surface area contributed by atoms with Crippen LogP contribution in [0.2, 0.25) is 0 Å². The lowest BCUT2D eigenvalue weighted by Gasteiger charge is -2.40. The number of hydrogen-bond donors (Lipinski definition) is 3. The van der Waals surface area contributed by atoms with Crippen LogP contribution in [0.15, 0.2) is 41.5 Å². The highest BCUT2D eigenvalue weighted by Crippen LogP contribution is 2.38. The van der Waals surface area contributed by atoms with Crippen LogP contribution >= 0.6 is 0 Å². The topological polar surface area (TPSA) is 44.3 Å². The summed E-state index contributed by atoms with van der Waals surface area (Å²) in [6.45, 7) is 0.913. The van der Waals surface area contributed by atoms with Crippen molar-refractivity contribution in [2.75, 3.05) is 11.9 Å². The Kier molecular flexibility index (Phi) is 3.25. The van der Waals surface area contributed by atoms with Gasteiger partial charge in [-0.15, -0.1) is 0 Å². The van der Waals surface area contributed by atoms with Crippen molar-refractivity contribution in [1.29, 1.82) is 0 Å². The van der Waals surface area contributed by atoms with Crippen LogP contribution in [-0.4, -0.2) is 23.9 Å². The van der Waals surface area contributed by atoms with Crippen molar-refractivity contribution in [3.05, 3.63) is 57.5 Å². The normalized spacial score (nSPS) is 30.0. The van der Waals surface area contributed by atoms with Crippen molar-refractivity contribution in [2.45, 2.75) is 31.5 Å². The lowest BCUT2D eigenvalue weighted by Crippen LogP contribution is -2.47. The quantitative estimate of drug-likeness (QED) is 0.681. The van der Waals surface area contributed by atoms with Gasteiger partial charge in [0.25, 0.3) is 0 Å². The standard InChI is InChI=1S/C21H22N2O/c24-21-20-14(10-11-22-21)7-9-19-17(20)12-16-15-5-3-1-2-4-13(15)6-8-18(16)23-19/h1-6,8,12,14,19,21-24H,7,9-11H2. The SMILES string of the molecule is OC1NCCC2CCC3Nc4ccc5c(c4=CC3=C21)=CC=CC=C5. The Morgan fingerprint density at radius 3 is 2.92 bits per heavy atom. The summed E-state index contributed by atoms with van der Waals surface area (Å²) in [4.78, 5) is 0. The summed E-state index contributed by atoms with van der Waals surface area (Å²) in [5.41, 5.74) is 4.97. The number of rotatable bonds is 0. The third-order valence-corrected chi connectivity index (χ3v) is 5.79. The van der Waals surface area contributed by atoms with E-state index in [0.29, 0.717) is 12.0 Å². The molecule has 122 valence electrons. The summed E-state index contributed by atoms with van der Waals surface area (Å²) in [5, 5.41) is 20.0. The van der Waals surface area contributed by atoms with E-state index >= 15 is 0 Å². The number of benzene rings is 1. The van der Waals surface area contributed by atoms with E-state index in [1.165, 1.54) is 39.3 Å². The molecule has 2 heterocycles. The second-order valence-electron chi connectivity index (χ2n) is 7.11. The molecule has 3 atom stereocenters. The van der Waals surface area contributed by atoms with E-state index in [9.17, 15) is 5.11 Å². The molecule has 0 amide bonds. The maximum atomic E-state index is 10.5. The number of anilines is 1. The zero-order valence-corrected chi connectivity index (χ0v) is 13.6. The van der Waals surface area contributed by atoms with Crippen LogP contribution in [-0.2, 0) is 0 Å². The first-order valence-electron chi connectivity index (χ1n) is 8.93. The van der Waals surface area contributed by atoms with E-state index < -0.39 is 6.23 Å². The largest absolute Gasteiger partial charge is 0.378 e. The van der Waals surface area contributed by atoms with E-state index in [4.69, 9.17) is 0 Å². The molecule has 1 aromatic rings. The zero-order valence-electron chi connectivity index (χ0n) is 13.6. The van der Waals surface area contributed by atoms with E-state index in [2.05, 4.69) is 59.2 Å². The van der Waals surface area contributed by atoms with Gasteiger partial charge in [0.15, 0.2) is 0 Å². The molecule has 0 aromatic heterocycles. The van der Waals surface area contributed by atoms with Gasteiger partial charge in [0.2, 0.25) is 0 Å². The minimum absolute atomic E-state index is 0.327. The molecule has 0 bridgehead atoms. The van der Waals surface area contributed by atoms with Crippen molar-refractivity contribution in [1.82, 2.24) is 5.32 Å². The Hall–Kier alpha value is -2.10. The average molecular weight is 318 g/mol. The lowest BCUT2D eigenvalue weighted by molar-refractivity contribution is 0.130. The highest BCUT2D eigenvalue weighted by atomic mass is 16.3. The molecule has 3 heteroatoms. The molecule has 5 rings (SSSR count). The van der Waals surface area contributed by atoms with Gasteiger partial charge in [0, 0.05) is 10.9 Å². The number of piperidine rings is 1. The molecule has 3 nitrogen and oxygen atoms in total. The lowest BCUT2D eigenvalue weighted by atomic mass is 9.74. The fourth-order valence-corrected chi connectivity index (χ4v) is 4.62. The Morgan fingerprint density at radius 2 is 1.96 bits per heavy atom. The number of nitrogens with one attached hydrogen (secondary N) is 2. The van der Waals surface area contributed by atoms with Crippen LogP contribution in [0.3, 0.4) is 0 Å². The fraction of sp³-hybridized carbons (Fsp3) is 0.333. The molecule has 1 saturated heterocycles. The van der Waals surface area contributed by atoms with Crippen molar-refractivity contribution >= 4 is 23.9 Å². The Bertz CT molecular complexity index is 907. The first-order valence-corrected chi connectivity index (χ1v) is 8.93. The van der Waals surface area contributed by atoms with E-state index in [1.807, 2.05) is 0 Å². The summed E-state index contributed by atoms with van der Waals surface area (Å²) >= 11 is 0. The van der Waals surface area contributed by atoms with Gasteiger partial charge >= 0.3 is 0 Å². The minimum Gasteiger partial charge on any atom is -0.378 e. The maximum Gasteiger partial charge on any atom is 0.127 e. The van der Waals surface area contributed by atoms with E-state index in [0.717, 1.165) is 19.4 Å².